The highest BCUT2D eigenvalue weighted by atomic mass is 127. The van der Waals surface area contributed by atoms with Crippen LogP contribution in [0.1, 0.15) is 31.1 Å². The standard InChI is InChI=1S/C15H24ClN3S2.HI/c1-3-17-15(19-11-4-5-13(10-11)20-2)18-9-8-12-6-7-14(16)21-12;/h6-7,11,13H,3-5,8-10H2,1-2H3,(H2,17,18,19);1H. The summed E-state index contributed by atoms with van der Waals surface area (Å²) >= 11 is 9.57. The Kier molecular flexibility index (Phi) is 10.2. The van der Waals surface area contributed by atoms with Crippen molar-refractivity contribution in [3.8, 4) is 0 Å². The van der Waals surface area contributed by atoms with Crippen molar-refractivity contribution >= 4 is 64.6 Å². The molecule has 0 bridgehead atoms. The largest absolute Gasteiger partial charge is 0.357 e. The smallest absolute Gasteiger partial charge is 0.191 e. The van der Waals surface area contributed by atoms with Crippen molar-refractivity contribution in [3.05, 3.63) is 21.3 Å². The highest BCUT2D eigenvalue weighted by molar-refractivity contribution is 14.0. The maximum atomic E-state index is 5.95. The van der Waals surface area contributed by atoms with Gasteiger partial charge < -0.3 is 10.6 Å². The monoisotopic (exact) mass is 473 g/mol. The molecule has 126 valence electrons. The van der Waals surface area contributed by atoms with Crippen LogP contribution >= 0.6 is 58.7 Å². The molecule has 1 fully saturated rings. The third kappa shape index (κ3) is 6.84. The number of thiophene rings is 1. The van der Waals surface area contributed by atoms with Crippen molar-refractivity contribution in [1.29, 1.82) is 0 Å². The van der Waals surface area contributed by atoms with Crippen molar-refractivity contribution in [2.24, 2.45) is 4.99 Å². The van der Waals surface area contributed by atoms with Gasteiger partial charge in [0.15, 0.2) is 5.96 Å². The van der Waals surface area contributed by atoms with Crippen LogP contribution < -0.4 is 10.6 Å². The number of thioether (sulfide) groups is 1. The molecule has 2 atom stereocenters. The molecular weight excluding hydrogens is 449 g/mol. The minimum atomic E-state index is 0. The zero-order chi connectivity index (χ0) is 15.1. The highest BCUT2D eigenvalue weighted by Crippen LogP contribution is 2.28. The lowest BCUT2D eigenvalue weighted by Gasteiger charge is -2.17. The Labute approximate surface area is 164 Å². The van der Waals surface area contributed by atoms with E-state index in [0.29, 0.717) is 6.04 Å². The summed E-state index contributed by atoms with van der Waals surface area (Å²) in [4.78, 5) is 5.98. The van der Waals surface area contributed by atoms with E-state index in [2.05, 4.69) is 34.9 Å². The van der Waals surface area contributed by atoms with Crippen LogP contribution in [0, 0.1) is 0 Å². The topological polar surface area (TPSA) is 36.4 Å². The van der Waals surface area contributed by atoms with Gasteiger partial charge in [-0.15, -0.1) is 35.3 Å². The Hall–Kier alpha value is 0.340. The van der Waals surface area contributed by atoms with E-state index in [0.717, 1.165) is 35.1 Å². The van der Waals surface area contributed by atoms with Gasteiger partial charge in [-0.05, 0) is 44.6 Å². The average molecular weight is 474 g/mol. The van der Waals surface area contributed by atoms with Crippen LogP contribution in [0.3, 0.4) is 0 Å². The van der Waals surface area contributed by atoms with Gasteiger partial charge >= 0.3 is 0 Å². The number of rotatable bonds is 6. The van der Waals surface area contributed by atoms with E-state index >= 15 is 0 Å². The number of hydrogen-bond acceptors (Lipinski definition) is 3. The number of aliphatic imine (C=N–C) groups is 1. The van der Waals surface area contributed by atoms with Crippen molar-refractivity contribution < 1.29 is 0 Å². The number of nitrogens with one attached hydrogen (secondary N) is 2. The molecule has 22 heavy (non-hydrogen) atoms. The summed E-state index contributed by atoms with van der Waals surface area (Å²) in [7, 11) is 0. The molecule has 0 saturated heterocycles. The predicted molar refractivity (Wildman–Crippen MR) is 113 cm³/mol. The molecule has 1 aromatic rings. The molecule has 1 heterocycles. The fourth-order valence-corrected chi connectivity index (χ4v) is 4.44. The second-order valence-corrected chi connectivity index (χ2v) is 8.17. The van der Waals surface area contributed by atoms with Gasteiger partial charge in [-0.1, -0.05) is 11.6 Å². The second kappa shape index (κ2) is 11.0. The SMILES string of the molecule is CCNC(=NCCc1ccc(Cl)s1)NC1CCC(SC)C1.I. The molecule has 3 nitrogen and oxygen atoms in total. The highest BCUT2D eigenvalue weighted by Gasteiger charge is 2.24. The molecule has 0 spiro atoms. The summed E-state index contributed by atoms with van der Waals surface area (Å²) in [5.74, 6) is 0.951. The molecule has 2 unspecified atom stereocenters. The Morgan fingerprint density at radius 3 is 2.86 bits per heavy atom. The molecule has 0 radical (unpaired) electrons. The molecule has 2 N–H and O–H groups in total. The Morgan fingerprint density at radius 1 is 1.45 bits per heavy atom. The lowest BCUT2D eigenvalue weighted by atomic mass is 10.2. The summed E-state index contributed by atoms with van der Waals surface area (Å²) in [5, 5.41) is 7.72. The molecule has 1 aromatic heterocycles. The van der Waals surface area contributed by atoms with Gasteiger partial charge in [-0.2, -0.15) is 11.8 Å². The Balaban J connectivity index is 0.00000242. The molecule has 0 aromatic carbocycles. The number of guanidine groups is 1. The van der Waals surface area contributed by atoms with Crippen LogP contribution in [0.25, 0.3) is 0 Å². The first-order valence-corrected chi connectivity index (χ1v) is 10.0. The minimum absolute atomic E-state index is 0. The van der Waals surface area contributed by atoms with Crippen LogP contribution in [-0.4, -0.2) is 36.6 Å². The summed E-state index contributed by atoms with van der Waals surface area (Å²) in [6, 6.07) is 4.61. The van der Waals surface area contributed by atoms with Crippen LogP contribution in [0.2, 0.25) is 4.34 Å². The van der Waals surface area contributed by atoms with Gasteiger partial charge in [0.05, 0.1) is 4.34 Å². The maximum Gasteiger partial charge on any atom is 0.191 e. The summed E-state index contributed by atoms with van der Waals surface area (Å²) in [6.07, 6.45) is 6.96. The second-order valence-electron chi connectivity index (χ2n) is 5.23. The molecule has 2 rings (SSSR count). The Morgan fingerprint density at radius 2 is 2.27 bits per heavy atom. The zero-order valence-corrected chi connectivity index (χ0v) is 17.8. The summed E-state index contributed by atoms with van der Waals surface area (Å²) in [6.45, 7) is 3.80. The zero-order valence-electron chi connectivity index (χ0n) is 13.1. The predicted octanol–water partition coefficient (Wildman–Crippen LogP) is 4.40. The van der Waals surface area contributed by atoms with E-state index in [-0.39, 0.29) is 24.0 Å². The number of nitrogens with zero attached hydrogens (tertiary/aromatic N) is 1. The van der Waals surface area contributed by atoms with Crippen molar-refractivity contribution in [2.75, 3.05) is 19.3 Å². The van der Waals surface area contributed by atoms with Crippen LogP contribution in [0.5, 0.6) is 0 Å². The minimum Gasteiger partial charge on any atom is -0.357 e. The van der Waals surface area contributed by atoms with E-state index in [1.165, 1.54) is 24.1 Å². The van der Waals surface area contributed by atoms with Gasteiger partial charge in [-0.3, -0.25) is 4.99 Å². The quantitative estimate of drug-likeness (QED) is 0.365. The lowest BCUT2D eigenvalue weighted by Crippen LogP contribution is -2.42. The summed E-state index contributed by atoms with van der Waals surface area (Å²) < 4.78 is 0.855. The fraction of sp³-hybridized carbons (Fsp3) is 0.667. The van der Waals surface area contributed by atoms with Crippen LogP contribution in [0.4, 0.5) is 0 Å². The number of halogens is 2. The number of hydrogen-bond donors (Lipinski definition) is 2. The normalized spacial score (nSPS) is 21.5. The molecule has 0 amide bonds. The van der Waals surface area contributed by atoms with Crippen molar-refractivity contribution in [1.82, 2.24) is 10.6 Å². The van der Waals surface area contributed by atoms with Gasteiger partial charge in [0.2, 0.25) is 0 Å². The van der Waals surface area contributed by atoms with Gasteiger partial charge in [0.1, 0.15) is 0 Å². The van der Waals surface area contributed by atoms with Crippen LogP contribution in [-0.2, 0) is 6.42 Å². The van der Waals surface area contributed by atoms with Crippen LogP contribution in [0.15, 0.2) is 17.1 Å². The first-order valence-electron chi connectivity index (χ1n) is 7.53. The molecular formula is C15H25ClIN3S2. The molecule has 1 aliphatic rings. The maximum absolute atomic E-state index is 5.95. The van der Waals surface area contributed by atoms with Gasteiger partial charge in [0, 0.05) is 35.7 Å². The van der Waals surface area contributed by atoms with E-state index in [9.17, 15) is 0 Å². The van der Waals surface area contributed by atoms with E-state index in [4.69, 9.17) is 11.6 Å². The van der Waals surface area contributed by atoms with Gasteiger partial charge in [0.25, 0.3) is 0 Å². The van der Waals surface area contributed by atoms with E-state index in [1.54, 1.807) is 11.3 Å². The summed E-state index contributed by atoms with van der Waals surface area (Å²) in [5.41, 5.74) is 0. The molecule has 7 heteroatoms. The molecule has 1 saturated carbocycles. The third-order valence-corrected chi connectivity index (χ3v) is 6.05. The third-order valence-electron chi connectivity index (χ3n) is 3.66. The van der Waals surface area contributed by atoms with Crippen molar-refractivity contribution in [3.63, 3.8) is 0 Å². The molecule has 1 aliphatic carbocycles. The fourth-order valence-electron chi connectivity index (χ4n) is 2.56. The average Bonchev–Trinajstić information content (AvgIpc) is 3.08. The first kappa shape index (κ1) is 20.4. The Bertz CT molecular complexity index is 467. The molecule has 0 aliphatic heterocycles. The van der Waals surface area contributed by atoms with E-state index in [1.807, 2.05) is 17.8 Å². The van der Waals surface area contributed by atoms with Gasteiger partial charge in [-0.25, -0.2) is 0 Å². The van der Waals surface area contributed by atoms with E-state index < -0.39 is 0 Å². The first-order chi connectivity index (χ1) is 10.2. The van der Waals surface area contributed by atoms with Crippen molar-refractivity contribution in [2.45, 2.75) is 43.9 Å². The lowest BCUT2D eigenvalue weighted by molar-refractivity contribution is 0.615.